The van der Waals surface area contributed by atoms with Crippen molar-refractivity contribution in [2.75, 3.05) is 64.5 Å². The molecule has 226 valence electrons. The molecule has 2 aromatic rings. The van der Waals surface area contributed by atoms with E-state index in [4.69, 9.17) is 14.5 Å². The van der Waals surface area contributed by atoms with Gasteiger partial charge in [0.15, 0.2) is 10.9 Å². The molecule has 1 aromatic heterocycles. The standard InChI is InChI=1S/C30H39N5O6S/c1-40-16-15-33-11-13-34(14-12-33)29-31-22(19-42-29)20-5-7-21(8-6-20)27(38)32-30(9-3-2-4-10-30)28(39)35-17-23(36)26-25(35)24(37)18-41-26/h5-8,19,23,25-26,36H,2-4,9-18H2,1H3,(H,32,38)/t23-,25-,26-/m1/s1. The molecule has 3 aliphatic heterocycles. The first-order valence-corrected chi connectivity index (χ1v) is 15.7. The lowest BCUT2D eigenvalue weighted by Gasteiger charge is -2.40. The zero-order valence-electron chi connectivity index (χ0n) is 24.0. The molecule has 3 saturated heterocycles. The van der Waals surface area contributed by atoms with Crippen molar-refractivity contribution in [3.8, 4) is 11.3 Å². The van der Waals surface area contributed by atoms with Gasteiger partial charge in [0, 0.05) is 56.3 Å². The fourth-order valence-corrected chi connectivity index (χ4v) is 7.56. The lowest BCUT2D eigenvalue weighted by Crippen LogP contribution is -2.62. The van der Waals surface area contributed by atoms with Gasteiger partial charge >= 0.3 is 0 Å². The number of carbonyl (C=O) groups excluding carboxylic acids is 3. The normalized spacial score (nSPS) is 26.0. The number of carbonyl (C=O) groups is 3. The first-order chi connectivity index (χ1) is 20.4. The first-order valence-electron chi connectivity index (χ1n) is 14.9. The molecule has 3 atom stereocenters. The number of rotatable bonds is 8. The highest BCUT2D eigenvalue weighted by molar-refractivity contribution is 7.14. The number of ether oxygens (including phenoxy) is 2. The summed E-state index contributed by atoms with van der Waals surface area (Å²) in [5.74, 6) is -0.827. The average Bonchev–Trinajstić information content (AvgIpc) is 3.74. The lowest BCUT2D eigenvalue weighted by molar-refractivity contribution is -0.143. The van der Waals surface area contributed by atoms with E-state index in [1.54, 1.807) is 30.6 Å². The third kappa shape index (κ3) is 5.70. The monoisotopic (exact) mass is 597 g/mol. The van der Waals surface area contributed by atoms with Crippen LogP contribution < -0.4 is 10.2 Å². The molecule has 6 rings (SSSR count). The minimum atomic E-state index is -1.11. The van der Waals surface area contributed by atoms with Crippen LogP contribution >= 0.6 is 11.3 Å². The molecule has 0 radical (unpaired) electrons. The summed E-state index contributed by atoms with van der Waals surface area (Å²) in [6.45, 7) is 5.43. The summed E-state index contributed by atoms with van der Waals surface area (Å²) in [6, 6.07) is 6.53. The van der Waals surface area contributed by atoms with Gasteiger partial charge in [-0.2, -0.15) is 0 Å². The third-order valence-electron chi connectivity index (χ3n) is 9.08. The van der Waals surface area contributed by atoms with Crippen LogP contribution in [0.4, 0.5) is 5.13 Å². The van der Waals surface area contributed by atoms with Crippen molar-refractivity contribution in [3.05, 3.63) is 35.2 Å². The number of likely N-dealkylation sites (tertiary alicyclic amines) is 1. The third-order valence-corrected chi connectivity index (χ3v) is 9.98. The number of ketones is 1. The summed E-state index contributed by atoms with van der Waals surface area (Å²) in [6.07, 6.45) is 1.97. The van der Waals surface area contributed by atoms with Crippen molar-refractivity contribution in [1.82, 2.24) is 20.1 Å². The number of aliphatic hydroxyl groups excluding tert-OH is 1. The van der Waals surface area contributed by atoms with E-state index in [-0.39, 0.29) is 30.7 Å². The molecule has 1 aromatic carbocycles. The van der Waals surface area contributed by atoms with Crippen molar-refractivity contribution in [1.29, 1.82) is 0 Å². The van der Waals surface area contributed by atoms with Crippen LogP contribution in [0.5, 0.6) is 0 Å². The van der Waals surface area contributed by atoms with E-state index in [1.165, 1.54) is 4.90 Å². The van der Waals surface area contributed by atoms with Crippen LogP contribution in [-0.2, 0) is 19.1 Å². The molecule has 0 unspecified atom stereocenters. The van der Waals surface area contributed by atoms with Crippen molar-refractivity contribution in [2.24, 2.45) is 0 Å². The van der Waals surface area contributed by atoms with Gasteiger partial charge in [0.25, 0.3) is 5.91 Å². The number of aromatic nitrogens is 1. The van der Waals surface area contributed by atoms with Gasteiger partial charge in [-0.25, -0.2) is 4.98 Å². The van der Waals surface area contributed by atoms with E-state index >= 15 is 0 Å². The van der Waals surface area contributed by atoms with Crippen LogP contribution in [0.1, 0.15) is 42.5 Å². The molecule has 0 spiro atoms. The van der Waals surface area contributed by atoms with Crippen molar-refractivity contribution >= 4 is 34.1 Å². The first kappa shape index (κ1) is 29.2. The van der Waals surface area contributed by atoms with Crippen molar-refractivity contribution in [2.45, 2.75) is 55.9 Å². The minimum Gasteiger partial charge on any atom is -0.388 e. The number of β-amino-alcohol motifs (C(OH)–C–C–N with tert-alkyl or cyclic N) is 1. The summed E-state index contributed by atoms with van der Waals surface area (Å²) in [5.41, 5.74) is 1.14. The Kier molecular flexibility index (Phi) is 8.60. The minimum absolute atomic E-state index is 0.0331. The molecule has 1 saturated carbocycles. The van der Waals surface area contributed by atoms with Gasteiger partial charge < -0.3 is 29.7 Å². The van der Waals surface area contributed by atoms with E-state index < -0.39 is 23.8 Å². The molecule has 2 N–H and O–H groups in total. The largest absolute Gasteiger partial charge is 0.388 e. The predicted octanol–water partition coefficient (Wildman–Crippen LogP) is 1.55. The fourth-order valence-electron chi connectivity index (χ4n) is 6.67. The maximum Gasteiger partial charge on any atom is 0.252 e. The number of methoxy groups -OCH3 is 1. The Morgan fingerprint density at radius 3 is 2.60 bits per heavy atom. The smallest absolute Gasteiger partial charge is 0.252 e. The van der Waals surface area contributed by atoms with Gasteiger partial charge in [-0.1, -0.05) is 31.4 Å². The molecule has 4 heterocycles. The number of Topliss-reactive ketones (excluding diaryl/α,β-unsaturated/α-hetero) is 1. The van der Waals surface area contributed by atoms with Crippen LogP contribution in [0.2, 0.25) is 0 Å². The van der Waals surface area contributed by atoms with Crippen molar-refractivity contribution in [3.63, 3.8) is 0 Å². The Balaban J connectivity index is 1.12. The van der Waals surface area contributed by atoms with E-state index in [9.17, 15) is 19.5 Å². The number of hydrogen-bond acceptors (Lipinski definition) is 10. The maximum atomic E-state index is 13.9. The van der Waals surface area contributed by atoms with Crippen molar-refractivity contribution < 1.29 is 29.0 Å². The van der Waals surface area contributed by atoms with Crippen LogP contribution in [0.15, 0.2) is 29.6 Å². The highest BCUT2D eigenvalue weighted by Gasteiger charge is 2.55. The number of anilines is 1. The molecule has 4 fully saturated rings. The number of amides is 2. The van der Waals surface area contributed by atoms with Gasteiger partial charge in [0.2, 0.25) is 5.91 Å². The molecule has 11 nitrogen and oxygen atoms in total. The Morgan fingerprint density at radius 2 is 1.88 bits per heavy atom. The number of hydrogen-bond donors (Lipinski definition) is 2. The highest BCUT2D eigenvalue weighted by Crippen LogP contribution is 2.36. The number of nitrogens with zero attached hydrogens (tertiary/aromatic N) is 4. The second-order valence-electron chi connectivity index (χ2n) is 11.7. The SMILES string of the molecule is COCCN1CCN(c2nc(-c3ccc(C(=O)NC4(C(=O)N5C[C@@H](O)[C@H]6OCC(=O)[C@H]65)CCCCC4)cc3)cs2)CC1. The van der Waals surface area contributed by atoms with E-state index in [0.29, 0.717) is 18.4 Å². The number of piperazine rings is 1. The predicted molar refractivity (Wildman–Crippen MR) is 158 cm³/mol. The number of thiazole rings is 1. The Morgan fingerprint density at radius 1 is 1.14 bits per heavy atom. The zero-order valence-corrected chi connectivity index (χ0v) is 24.8. The van der Waals surface area contributed by atoms with Gasteiger partial charge in [-0.3, -0.25) is 19.3 Å². The Bertz CT molecular complexity index is 1290. The van der Waals surface area contributed by atoms with E-state index in [0.717, 1.165) is 75.0 Å². The summed E-state index contributed by atoms with van der Waals surface area (Å²) < 4.78 is 10.7. The van der Waals surface area contributed by atoms with E-state index in [1.807, 2.05) is 17.5 Å². The average molecular weight is 598 g/mol. The second-order valence-corrected chi connectivity index (χ2v) is 12.6. The van der Waals surface area contributed by atoms with Crippen LogP contribution in [0, 0.1) is 0 Å². The summed E-state index contributed by atoms with van der Waals surface area (Å²) in [7, 11) is 1.73. The lowest BCUT2D eigenvalue weighted by atomic mass is 9.80. The summed E-state index contributed by atoms with van der Waals surface area (Å²) in [4.78, 5) is 51.0. The molecule has 4 aliphatic rings. The van der Waals surface area contributed by atoms with Gasteiger partial charge in [-0.05, 0) is 25.0 Å². The van der Waals surface area contributed by atoms with Crippen LogP contribution in [0.25, 0.3) is 11.3 Å². The number of fused-ring (bicyclic) bond motifs is 1. The Labute approximate surface area is 249 Å². The summed E-state index contributed by atoms with van der Waals surface area (Å²) in [5, 5.41) is 16.5. The molecule has 12 heteroatoms. The quantitative estimate of drug-likeness (QED) is 0.467. The molecule has 1 aliphatic carbocycles. The highest BCUT2D eigenvalue weighted by atomic mass is 32.1. The fraction of sp³-hybridized carbons (Fsp3) is 0.600. The molecular formula is C30H39N5O6S. The van der Waals surface area contributed by atoms with Gasteiger partial charge in [-0.15, -0.1) is 11.3 Å². The number of nitrogens with one attached hydrogen (secondary N) is 1. The zero-order chi connectivity index (χ0) is 29.3. The van der Waals surface area contributed by atoms with Crippen LogP contribution in [-0.4, -0.2) is 121 Å². The number of aliphatic hydroxyl groups is 1. The molecule has 42 heavy (non-hydrogen) atoms. The maximum absolute atomic E-state index is 13.9. The van der Waals surface area contributed by atoms with Gasteiger partial charge in [0.05, 0.1) is 18.8 Å². The topological polar surface area (TPSA) is 125 Å². The molecule has 2 amide bonds. The molecule has 0 bridgehead atoms. The van der Waals surface area contributed by atoms with Crippen LogP contribution in [0.3, 0.4) is 0 Å². The number of benzene rings is 1. The van der Waals surface area contributed by atoms with Gasteiger partial charge in [0.1, 0.15) is 30.4 Å². The second kappa shape index (κ2) is 12.4. The summed E-state index contributed by atoms with van der Waals surface area (Å²) >= 11 is 1.62. The van der Waals surface area contributed by atoms with E-state index in [2.05, 4.69) is 15.1 Å². The molecular weight excluding hydrogens is 558 g/mol. The Hall–Kier alpha value is -2.90.